The molecule has 5 heteroatoms. The van der Waals surface area contributed by atoms with Crippen LogP contribution in [0.4, 0.5) is 0 Å². The molecular formula is C11H22N4O. The van der Waals surface area contributed by atoms with Gasteiger partial charge in [-0.3, -0.25) is 4.79 Å². The van der Waals surface area contributed by atoms with Crippen LogP contribution in [0, 0.1) is 5.92 Å². The Labute approximate surface area is 97.1 Å². The maximum absolute atomic E-state index is 11.5. The smallest absolute Gasteiger partial charge is 0.235 e. The fourth-order valence-corrected chi connectivity index (χ4v) is 1.79. The number of hydrogen-bond donors (Lipinski definition) is 2. The van der Waals surface area contributed by atoms with E-state index in [4.69, 9.17) is 0 Å². The highest BCUT2D eigenvalue weighted by molar-refractivity contribution is 5.77. The lowest BCUT2D eigenvalue weighted by molar-refractivity contribution is -0.121. The standard InChI is InChI=1S/C11H22N4O/c1-14-4-6-15(7-5-14)13-9-11(16)12-8-10-2-3-10/h10,13H,2-9H2,1H3,(H,12,16). The molecule has 5 nitrogen and oxygen atoms in total. The topological polar surface area (TPSA) is 47.6 Å². The number of rotatable bonds is 5. The van der Waals surface area contributed by atoms with E-state index in [-0.39, 0.29) is 5.91 Å². The van der Waals surface area contributed by atoms with Gasteiger partial charge in [0.25, 0.3) is 0 Å². The average Bonchev–Trinajstić information content (AvgIpc) is 3.09. The van der Waals surface area contributed by atoms with Crippen molar-refractivity contribution in [3.63, 3.8) is 0 Å². The number of hydrogen-bond acceptors (Lipinski definition) is 4. The fourth-order valence-electron chi connectivity index (χ4n) is 1.79. The van der Waals surface area contributed by atoms with Gasteiger partial charge in [-0.1, -0.05) is 0 Å². The van der Waals surface area contributed by atoms with Gasteiger partial charge in [0.05, 0.1) is 6.54 Å². The summed E-state index contributed by atoms with van der Waals surface area (Å²) in [6.07, 6.45) is 2.57. The van der Waals surface area contributed by atoms with Gasteiger partial charge in [0.2, 0.25) is 5.91 Å². The number of carbonyl (C=O) groups is 1. The Morgan fingerprint density at radius 3 is 2.56 bits per heavy atom. The number of hydrazine groups is 1. The summed E-state index contributed by atoms with van der Waals surface area (Å²) in [7, 11) is 2.12. The first-order valence-corrected chi connectivity index (χ1v) is 6.18. The summed E-state index contributed by atoms with van der Waals surface area (Å²) < 4.78 is 0. The molecule has 0 atom stereocenters. The van der Waals surface area contributed by atoms with Crippen LogP contribution in [0.15, 0.2) is 0 Å². The Kier molecular flexibility index (Phi) is 4.15. The molecule has 0 aromatic heterocycles. The largest absolute Gasteiger partial charge is 0.355 e. The van der Waals surface area contributed by atoms with Gasteiger partial charge >= 0.3 is 0 Å². The van der Waals surface area contributed by atoms with Crippen LogP contribution in [-0.4, -0.2) is 62.1 Å². The molecule has 2 aliphatic rings. The molecule has 0 spiro atoms. The van der Waals surface area contributed by atoms with E-state index in [9.17, 15) is 4.79 Å². The van der Waals surface area contributed by atoms with E-state index in [2.05, 4.69) is 27.7 Å². The Bertz CT molecular complexity index is 234. The third-order valence-electron chi connectivity index (χ3n) is 3.25. The maximum Gasteiger partial charge on any atom is 0.235 e. The van der Waals surface area contributed by atoms with Crippen molar-refractivity contribution in [1.29, 1.82) is 0 Å². The highest BCUT2D eigenvalue weighted by atomic mass is 16.2. The molecule has 2 fully saturated rings. The minimum absolute atomic E-state index is 0.117. The number of piperazine rings is 1. The lowest BCUT2D eigenvalue weighted by Gasteiger charge is -2.32. The van der Waals surface area contributed by atoms with Gasteiger partial charge in [-0.05, 0) is 25.8 Å². The van der Waals surface area contributed by atoms with Crippen molar-refractivity contribution in [1.82, 2.24) is 20.7 Å². The second kappa shape index (κ2) is 5.61. The van der Waals surface area contributed by atoms with E-state index in [1.54, 1.807) is 0 Å². The molecule has 0 aromatic carbocycles. The van der Waals surface area contributed by atoms with E-state index < -0.39 is 0 Å². The summed E-state index contributed by atoms with van der Waals surface area (Å²) in [6.45, 7) is 5.39. The Hall–Kier alpha value is -0.650. The number of carbonyl (C=O) groups excluding carboxylic acids is 1. The maximum atomic E-state index is 11.5. The van der Waals surface area contributed by atoms with E-state index >= 15 is 0 Å². The lowest BCUT2D eigenvalue weighted by atomic mass is 10.4. The molecule has 1 heterocycles. The molecule has 1 saturated carbocycles. The van der Waals surface area contributed by atoms with Crippen LogP contribution in [0.3, 0.4) is 0 Å². The van der Waals surface area contributed by atoms with Gasteiger partial charge in [-0.15, -0.1) is 0 Å². The Balaban J connectivity index is 1.53. The van der Waals surface area contributed by atoms with Gasteiger partial charge in [0.15, 0.2) is 0 Å². The molecule has 1 saturated heterocycles. The molecule has 0 unspecified atom stereocenters. The fraction of sp³-hybridized carbons (Fsp3) is 0.909. The molecule has 0 aromatic rings. The number of amides is 1. The molecule has 2 N–H and O–H groups in total. The minimum atomic E-state index is 0.117. The lowest BCUT2D eigenvalue weighted by Crippen LogP contribution is -2.52. The third-order valence-corrected chi connectivity index (χ3v) is 3.25. The molecule has 16 heavy (non-hydrogen) atoms. The van der Waals surface area contributed by atoms with Crippen molar-refractivity contribution in [3.8, 4) is 0 Å². The van der Waals surface area contributed by atoms with Crippen molar-refractivity contribution < 1.29 is 4.79 Å². The molecule has 0 radical (unpaired) electrons. The first kappa shape index (κ1) is 11.8. The molecule has 2 rings (SSSR count). The van der Waals surface area contributed by atoms with Gasteiger partial charge in [0.1, 0.15) is 0 Å². The molecular weight excluding hydrogens is 204 g/mol. The van der Waals surface area contributed by atoms with Crippen molar-refractivity contribution in [3.05, 3.63) is 0 Å². The SMILES string of the molecule is CN1CCN(NCC(=O)NCC2CC2)CC1. The quantitative estimate of drug-likeness (QED) is 0.648. The van der Waals surface area contributed by atoms with E-state index in [1.807, 2.05) is 0 Å². The van der Waals surface area contributed by atoms with E-state index in [1.165, 1.54) is 12.8 Å². The summed E-state index contributed by atoms with van der Waals surface area (Å²) in [5, 5.41) is 5.09. The zero-order valence-electron chi connectivity index (χ0n) is 10.0. The van der Waals surface area contributed by atoms with Gasteiger partial charge in [0, 0.05) is 32.7 Å². The molecule has 1 amide bonds. The monoisotopic (exact) mass is 226 g/mol. The molecule has 1 aliphatic heterocycles. The van der Waals surface area contributed by atoms with E-state index in [0.29, 0.717) is 6.54 Å². The molecule has 0 bridgehead atoms. The predicted octanol–water partition coefficient (Wildman–Crippen LogP) is -0.735. The summed E-state index contributed by atoms with van der Waals surface area (Å²) in [6, 6.07) is 0. The summed E-state index contributed by atoms with van der Waals surface area (Å²) in [5.41, 5.74) is 3.18. The second-order valence-corrected chi connectivity index (χ2v) is 4.87. The summed E-state index contributed by atoms with van der Waals surface area (Å²) >= 11 is 0. The van der Waals surface area contributed by atoms with E-state index in [0.717, 1.165) is 38.6 Å². The van der Waals surface area contributed by atoms with Gasteiger partial charge in [-0.2, -0.15) is 0 Å². The van der Waals surface area contributed by atoms with Crippen LogP contribution in [0.5, 0.6) is 0 Å². The Morgan fingerprint density at radius 1 is 1.25 bits per heavy atom. The zero-order chi connectivity index (χ0) is 11.4. The van der Waals surface area contributed by atoms with Gasteiger partial charge < -0.3 is 10.2 Å². The first-order chi connectivity index (χ1) is 7.74. The van der Waals surface area contributed by atoms with Crippen LogP contribution >= 0.6 is 0 Å². The third kappa shape index (κ3) is 4.08. The average molecular weight is 226 g/mol. The minimum Gasteiger partial charge on any atom is -0.355 e. The molecule has 1 aliphatic carbocycles. The van der Waals surface area contributed by atoms with Crippen molar-refractivity contribution in [2.75, 3.05) is 46.3 Å². The van der Waals surface area contributed by atoms with Crippen molar-refractivity contribution in [2.45, 2.75) is 12.8 Å². The predicted molar refractivity (Wildman–Crippen MR) is 62.8 cm³/mol. The van der Waals surface area contributed by atoms with Crippen molar-refractivity contribution >= 4 is 5.91 Å². The Morgan fingerprint density at radius 2 is 1.94 bits per heavy atom. The summed E-state index contributed by atoms with van der Waals surface area (Å²) in [5.74, 6) is 0.874. The second-order valence-electron chi connectivity index (χ2n) is 4.87. The normalized spacial score (nSPS) is 23.3. The number of nitrogens with one attached hydrogen (secondary N) is 2. The van der Waals surface area contributed by atoms with Crippen LogP contribution < -0.4 is 10.7 Å². The summed E-state index contributed by atoms with van der Waals surface area (Å²) in [4.78, 5) is 13.8. The van der Waals surface area contributed by atoms with Crippen molar-refractivity contribution in [2.24, 2.45) is 5.92 Å². The van der Waals surface area contributed by atoms with Crippen LogP contribution in [0.25, 0.3) is 0 Å². The number of nitrogens with zero attached hydrogens (tertiary/aromatic N) is 2. The van der Waals surface area contributed by atoms with Crippen LogP contribution in [0.1, 0.15) is 12.8 Å². The highest BCUT2D eigenvalue weighted by Gasteiger charge is 2.21. The molecule has 92 valence electrons. The zero-order valence-corrected chi connectivity index (χ0v) is 10.0. The first-order valence-electron chi connectivity index (χ1n) is 6.18. The van der Waals surface area contributed by atoms with Crippen LogP contribution in [0.2, 0.25) is 0 Å². The van der Waals surface area contributed by atoms with Crippen LogP contribution in [-0.2, 0) is 4.79 Å². The number of likely N-dealkylation sites (N-methyl/N-ethyl adjacent to an activating group) is 1. The highest BCUT2D eigenvalue weighted by Crippen LogP contribution is 2.27. The van der Waals surface area contributed by atoms with Gasteiger partial charge in [-0.25, -0.2) is 10.4 Å².